The fraction of sp³-hybridized carbons (Fsp3) is 0.357. The first-order valence-corrected chi connectivity index (χ1v) is 6.61. The lowest BCUT2D eigenvalue weighted by molar-refractivity contribution is 0.859. The number of aryl methyl sites for hydroxylation is 2. The van der Waals surface area contributed by atoms with E-state index in [-0.39, 0.29) is 0 Å². The number of hydrogen-bond donors (Lipinski definition) is 0. The monoisotopic (exact) mass is 261 g/mol. The molecular formula is C14H16ClN3. The molecule has 18 heavy (non-hydrogen) atoms. The van der Waals surface area contributed by atoms with Gasteiger partial charge in [0, 0.05) is 35.4 Å². The molecule has 0 aliphatic carbocycles. The summed E-state index contributed by atoms with van der Waals surface area (Å²) in [5, 5.41) is 0. The van der Waals surface area contributed by atoms with Crippen molar-refractivity contribution < 1.29 is 0 Å². The number of alkyl halides is 1. The third-order valence-electron chi connectivity index (χ3n) is 2.85. The molecule has 0 saturated heterocycles. The molecule has 0 spiro atoms. The highest BCUT2D eigenvalue weighted by Crippen LogP contribution is 2.20. The predicted molar refractivity (Wildman–Crippen MR) is 73.6 cm³/mol. The number of nitrogens with zero attached hydrogens (tertiary/aromatic N) is 3. The maximum Gasteiger partial charge on any atom is 0.159 e. The molecule has 2 aromatic rings. The van der Waals surface area contributed by atoms with Gasteiger partial charge in [-0.1, -0.05) is 13.3 Å². The Morgan fingerprint density at radius 1 is 1.28 bits per heavy atom. The third kappa shape index (κ3) is 2.67. The van der Waals surface area contributed by atoms with E-state index < -0.39 is 0 Å². The summed E-state index contributed by atoms with van der Waals surface area (Å²) in [6.45, 7) is 4.15. The molecule has 3 nitrogen and oxygen atoms in total. The van der Waals surface area contributed by atoms with Gasteiger partial charge in [0.15, 0.2) is 5.82 Å². The van der Waals surface area contributed by atoms with Gasteiger partial charge in [-0.05, 0) is 25.0 Å². The van der Waals surface area contributed by atoms with Crippen LogP contribution in [-0.4, -0.2) is 15.0 Å². The van der Waals surface area contributed by atoms with Crippen LogP contribution in [0.15, 0.2) is 24.7 Å². The molecule has 0 atom stereocenters. The fourth-order valence-electron chi connectivity index (χ4n) is 1.86. The molecular weight excluding hydrogens is 246 g/mol. The van der Waals surface area contributed by atoms with Crippen LogP contribution in [0.2, 0.25) is 0 Å². The van der Waals surface area contributed by atoms with E-state index in [0.717, 1.165) is 41.1 Å². The second kappa shape index (κ2) is 5.91. The van der Waals surface area contributed by atoms with Gasteiger partial charge in [-0.3, -0.25) is 4.98 Å². The van der Waals surface area contributed by atoms with E-state index in [1.807, 2.05) is 25.4 Å². The normalized spacial score (nSPS) is 10.6. The summed E-state index contributed by atoms with van der Waals surface area (Å²) >= 11 is 5.91. The Balaban J connectivity index is 2.47. The van der Waals surface area contributed by atoms with Crippen LogP contribution in [0.4, 0.5) is 0 Å². The molecule has 0 amide bonds. The van der Waals surface area contributed by atoms with Gasteiger partial charge < -0.3 is 0 Å². The van der Waals surface area contributed by atoms with E-state index in [2.05, 4.69) is 21.9 Å². The van der Waals surface area contributed by atoms with Crippen LogP contribution in [0.3, 0.4) is 0 Å². The summed E-state index contributed by atoms with van der Waals surface area (Å²) in [7, 11) is 0. The molecule has 94 valence electrons. The minimum atomic E-state index is 0.463. The zero-order valence-corrected chi connectivity index (χ0v) is 11.4. The quantitative estimate of drug-likeness (QED) is 0.790. The Labute approximate surface area is 112 Å². The molecule has 0 aliphatic heterocycles. The van der Waals surface area contributed by atoms with Crippen LogP contribution in [0.25, 0.3) is 11.4 Å². The van der Waals surface area contributed by atoms with Crippen LogP contribution >= 0.6 is 11.6 Å². The van der Waals surface area contributed by atoms with Crippen molar-refractivity contribution in [1.29, 1.82) is 0 Å². The van der Waals surface area contributed by atoms with Crippen molar-refractivity contribution in [2.45, 2.75) is 32.6 Å². The first-order valence-electron chi connectivity index (χ1n) is 6.08. The molecule has 0 saturated carbocycles. The number of rotatable bonds is 4. The van der Waals surface area contributed by atoms with Crippen molar-refractivity contribution in [1.82, 2.24) is 15.0 Å². The minimum Gasteiger partial charge on any atom is -0.264 e. The lowest BCUT2D eigenvalue weighted by atomic mass is 10.1. The lowest BCUT2D eigenvalue weighted by Crippen LogP contribution is -2.01. The topological polar surface area (TPSA) is 38.7 Å². The lowest BCUT2D eigenvalue weighted by Gasteiger charge is -2.08. The molecule has 2 aromatic heterocycles. The summed E-state index contributed by atoms with van der Waals surface area (Å²) in [6.07, 6.45) is 7.41. The molecule has 2 heterocycles. The Morgan fingerprint density at radius 3 is 2.78 bits per heavy atom. The van der Waals surface area contributed by atoms with E-state index in [0.29, 0.717) is 5.88 Å². The van der Waals surface area contributed by atoms with Crippen molar-refractivity contribution in [2.24, 2.45) is 0 Å². The molecule has 0 aliphatic rings. The van der Waals surface area contributed by atoms with Gasteiger partial charge in [-0.25, -0.2) is 9.97 Å². The van der Waals surface area contributed by atoms with Crippen LogP contribution < -0.4 is 0 Å². The van der Waals surface area contributed by atoms with Crippen LogP contribution in [-0.2, 0) is 12.3 Å². The average molecular weight is 262 g/mol. The van der Waals surface area contributed by atoms with Gasteiger partial charge >= 0.3 is 0 Å². The van der Waals surface area contributed by atoms with Crippen molar-refractivity contribution in [3.63, 3.8) is 0 Å². The summed E-state index contributed by atoms with van der Waals surface area (Å²) < 4.78 is 0. The van der Waals surface area contributed by atoms with Crippen molar-refractivity contribution >= 4 is 11.6 Å². The Bertz CT molecular complexity index is 540. The molecule has 4 heteroatoms. The zero-order chi connectivity index (χ0) is 13.0. The summed E-state index contributed by atoms with van der Waals surface area (Å²) in [5.41, 5.74) is 4.18. The second-order valence-corrected chi connectivity index (χ2v) is 4.51. The average Bonchev–Trinajstić information content (AvgIpc) is 2.40. The van der Waals surface area contributed by atoms with Crippen LogP contribution in [0.1, 0.15) is 30.2 Å². The third-order valence-corrected chi connectivity index (χ3v) is 3.13. The minimum absolute atomic E-state index is 0.463. The Hall–Kier alpha value is -1.48. The zero-order valence-electron chi connectivity index (χ0n) is 10.7. The van der Waals surface area contributed by atoms with Gasteiger partial charge in [0.2, 0.25) is 0 Å². The van der Waals surface area contributed by atoms with Gasteiger partial charge in [-0.2, -0.15) is 0 Å². The highest BCUT2D eigenvalue weighted by molar-refractivity contribution is 6.17. The van der Waals surface area contributed by atoms with Gasteiger partial charge in [0.25, 0.3) is 0 Å². The number of pyridine rings is 1. The van der Waals surface area contributed by atoms with E-state index >= 15 is 0 Å². The van der Waals surface area contributed by atoms with Gasteiger partial charge in [0.1, 0.15) is 0 Å². The maximum atomic E-state index is 5.91. The van der Waals surface area contributed by atoms with E-state index in [1.54, 1.807) is 6.20 Å². The van der Waals surface area contributed by atoms with Crippen molar-refractivity contribution in [3.05, 3.63) is 41.5 Å². The summed E-state index contributed by atoms with van der Waals surface area (Å²) in [5.74, 6) is 1.22. The van der Waals surface area contributed by atoms with Gasteiger partial charge in [0.05, 0.1) is 5.88 Å². The highest BCUT2D eigenvalue weighted by Gasteiger charge is 2.09. The SMILES string of the molecule is CCCc1nc(-c2ccncc2C)ncc1CCl. The highest BCUT2D eigenvalue weighted by atomic mass is 35.5. The molecule has 0 fully saturated rings. The van der Waals surface area contributed by atoms with Crippen LogP contribution in [0, 0.1) is 6.92 Å². The number of halogens is 1. The van der Waals surface area contributed by atoms with Gasteiger partial charge in [-0.15, -0.1) is 11.6 Å². The summed E-state index contributed by atoms with van der Waals surface area (Å²) in [4.78, 5) is 13.1. The second-order valence-electron chi connectivity index (χ2n) is 4.24. The largest absolute Gasteiger partial charge is 0.264 e. The standard InChI is InChI=1S/C14H16ClN3/c1-3-4-13-11(7-15)9-17-14(18-13)12-5-6-16-8-10(12)2/h5-6,8-9H,3-4,7H2,1-2H3. The smallest absolute Gasteiger partial charge is 0.159 e. The van der Waals surface area contributed by atoms with Crippen molar-refractivity contribution in [2.75, 3.05) is 0 Å². The molecule has 0 aromatic carbocycles. The summed E-state index contributed by atoms with van der Waals surface area (Å²) in [6, 6.07) is 1.95. The first-order chi connectivity index (χ1) is 8.76. The van der Waals surface area contributed by atoms with E-state index in [9.17, 15) is 0 Å². The van der Waals surface area contributed by atoms with E-state index in [1.165, 1.54) is 0 Å². The predicted octanol–water partition coefficient (Wildman–Crippen LogP) is 3.54. The molecule has 0 unspecified atom stereocenters. The molecule has 2 rings (SSSR count). The van der Waals surface area contributed by atoms with Crippen molar-refractivity contribution in [3.8, 4) is 11.4 Å². The Morgan fingerprint density at radius 2 is 2.11 bits per heavy atom. The Kier molecular flexibility index (Phi) is 4.26. The first kappa shape index (κ1) is 13.0. The maximum absolute atomic E-state index is 5.91. The fourth-order valence-corrected chi connectivity index (χ4v) is 2.08. The van der Waals surface area contributed by atoms with E-state index in [4.69, 9.17) is 11.6 Å². The molecule has 0 bridgehead atoms. The van der Waals surface area contributed by atoms with Crippen LogP contribution in [0.5, 0.6) is 0 Å². The molecule has 0 N–H and O–H groups in total. The number of aromatic nitrogens is 3. The number of hydrogen-bond acceptors (Lipinski definition) is 3. The molecule has 0 radical (unpaired) electrons.